The molecule has 86 valence electrons. The summed E-state index contributed by atoms with van der Waals surface area (Å²) in [6.07, 6.45) is 13.1. The van der Waals surface area contributed by atoms with Crippen LogP contribution in [-0.4, -0.2) is 12.6 Å². The molecule has 2 heteroatoms. The van der Waals surface area contributed by atoms with Crippen molar-refractivity contribution in [3.05, 3.63) is 24.3 Å². The molecule has 15 heavy (non-hydrogen) atoms. The summed E-state index contributed by atoms with van der Waals surface area (Å²) in [6.45, 7) is 4.33. The molecule has 0 aliphatic rings. The van der Waals surface area contributed by atoms with Gasteiger partial charge in [-0.25, -0.2) is 0 Å². The zero-order valence-electron chi connectivity index (χ0n) is 9.87. The summed E-state index contributed by atoms with van der Waals surface area (Å²) in [4.78, 5) is 11.0. The molecule has 0 radical (unpaired) electrons. The zero-order valence-corrected chi connectivity index (χ0v) is 9.87. The van der Waals surface area contributed by atoms with Gasteiger partial charge in [0.25, 0.3) is 0 Å². The smallest absolute Gasteiger partial charge is 0.305 e. The minimum atomic E-state index is -0.0676. The van der Waals surface area contributed by atoms with Gasteiger partial charge in [0, 0.05) is 6.42 Å². The van der Waals surface area contributed by atoms with E-state index < -0.39 is 0 Å². The third-order valence-electron chi connectivity index (χ3n) is 2.00. The number of carbonyl (C=O) groups is 1. The van der Waals surface area contributed by atoms with Crippen molar-refractivity contribution in [3.63, 3.8) is 0 Å². The molecule has 0 unspecified atom stereocenters. The van der Waals surface area contributed by atoms with Crippen LogP contribution in [0.25, 0.3) is 0 Å². The normalized spacial score (nSPS) is 11.3. The summed E-state index contributed by atoms with van der Waals surface area (Å²) in [5.74, 6) is -0.0676. The average molecular weight is 210 g/mol. The van der Waals surface area contributed by atoms with Gasteiger partial charge in [-0.2, -0.15) is 0 Å². The Morgan fingerprint density at radius 3 is 2.67 bits per heavy atom. The lowest BCUT2D eigenvalue weighted by Gasteiger charge is -2.00. The molecule has 0 aliphatic carbocycles. The summed E-state index contributed by atoms with van der Waals surface area (Å²) in [7, 11) is 0. The molecule has 0 aromatic rings. The Bertz CT molecular complexity index is 205. The van der Waals surface area contributed by atoms with E-state index >= 15 is 0 Å². The maximum Gasteiger partial charge on any atom is 0.305 e. The highest BCUT2D eigenvalue weighted by Gasteiger charge is 1.99. The van der Waals surface area contributed by atoms with E-state index in [1.54, 1.807) is 0 Å². The number of carbonyl (C=O) groups excluding carboxylic acids is 1. The van der Waals surface area contributed by atoms with Crippen LogP contribution in [0.4, 0.5) is 0 Å². The molecule has 0 atom stereocenters. The average Bonchev–Trinajstić information content (AvgIpc) is 2.22. The first-order chi connectivity index (χ1) is 7.31. The largest absolute Gasteiger partial charge is 0.466 e. The van der Waals surface area contributed by atoms with Gasteiger partial charge in [0.05, 0.1) is 6.61 Å². The zero-order chi connectivity index (χ0) is 11.4. The van der Waals surface area contributed by atoms with Crippen LogP contribution in [0.1, 0.15) is 46.0 Å². The first-order valence-corrected chi connectivity index (χ1v) is 5.74. The number of esters is 1. The van der Waals surface area contributed by atoms with Crippen LogP contribution in [0, 0.1) is 0 Å². The van der Waals surface area contributed by atoms with Gasteiger partial charge in [-0.15, -0.1) is 0 Å². The van der Waals surface area contributed by atoms with Crippen LogP contribution in [0.2, 0.25) is 0 Å². The summed E-state index contributed by atoms with van der Waals surface area (Å²) in [5.41, 5.74) is 0. The SMILES string of the molecule is C/C=C/C=C/CCCCCC(=O)OCC. The van der Waals surface area contributed by atoms with E-state index in [2.05, 4.69) is 12.2 Å². The molecular weight excluding hydrogens is 188 g/mol. The summed E-state index contributed by atoms with van der Waals surface area (Å²) < 4.78 is 4.84. The van der Waals surface area contributed by atoms with Crippen molar-refractivity contribution >= 4 is 5.97 Å². The molecule has 0 fully saturated rings. The first kappa shape index (κ1) is 13.9. The Balaban J connectivity index is 3.21. The molecule has 0 heterocycles. The molecule has 0 rings (SSSR count). The number of ether oxygens (including phenoxy) is 1. The first-order valence-electron chi connectivity index (χ1n) is 5.74. The molecule has 0 spiro atoms. The second-order valence-corrected chi connectivity index (χ2v) is 3.36. The Morgan fingerprint density at radius 2 is 2.00 bits per heavy atom. The van der Waals surface area contributed by atoms with Gasteiger partial charge in [0.1, 0.15) is 0 Å². The standard InChI is InChI=1S/C13H22O2/c1-3-5-6-7-8-9-10-11-12-13(14)15-4-2/h3,5-7H,4,8-12H2,1-2H3/b5-3+,7-6+. The lowest BCUT2D eigenvalue weighted by Crippen LogP contribution is -2.02. The number of hydrogen-bond donors (Lipinski definition) is 0. The van der Waals surface area contributed by atoms with Crippen molar-refractivity contribution < 1.29 is 9.53 Å². The molecule has 0 amide bonds. The van der Waals surface area contributed by atoms with E-state index in [0.29, 0.717) is 13.0 Å². The molecule has 0 aliphatic heterocycles. The van der Waals surface area contributed by atoms with Gasteiger partial charge in [-0.05, 0) is 33.1 Å². The quantitative estimate of drug-likeness (QED) is 0.347. The van der Waals surface area contributed by atoms with E-state index in [1.165, 1.54) is 0 Å². The number of hydrogen-bond acceptors (Lipinski definition) is 2. The lowest BCUT2D eigenvalue weighted by molar-refractivity contribution is -0.143. The second-order valence-electron chi connectivity index (χ2n) is 3.36. The van der Waals surface area contributed by atoms with Gasteiger partial charge in [-0.3, -0.25) is 4.79 Å². The maximum absolute atomic E-state index is 11.0. The number of unbranched alkanes of at least 4 members (excludes halogenated alkanes) is 3. The van der Waals surface area contributed by atoms with Crippen molar-refractivity contribution in [1.82, 2.24) is 0 Å². The Hall–Kier alpha value is -1.05. The van der Waals surface area contributed by atoms with Crippen LogP contribution < -0.4 is 0 Å². The van der Waals surface area contributed by atoms with Crippen LogP contribution in [0.5, 0.6) is 0 Å². The van der Waals surface area contributed by atoms with Crippen molar-refractivity contribution in [3.8, 4) is 0 Å². The minimum absolute atomic E-state index is 0.0676. The van der Waals surface area contributed by atoms with E-state index in [9.17, 15) is 4.79 Å². The Morgan fingerprint density at radius 1 is 1.20 bits per heavy atom. The highest BCUT2D eigenvalue weighted by Crippen LogP contribution is 2.04. The van der Waals surface area contributed by atoms with Crippen molar-refractivity contribution in [2.24, 2.45) is 0 Å². The van der Waals surface area contributed by atoms with Crippen LogP contribution in [0.15, 0.2) is 24.3 Å². The van der Waals surface area contributed by atoms with Gasteiger partial charge < -0.3 is 4.74 Å². The van der Waals surface area contributed by atoms with Crippen LogP contribution in [0.3, 0.4) is 0 Å². The third-order valence-corrected chi connectivity index (χ3v) is 2.00. The fourth-order valence-electron chi connectivity index (χ4n) is 1.23. The molecule has 0 saturated carbocycles. The van der Waals surface area contributed by atoms with E-state index in [1.807, 2.05) is 26.0 Å². The molecular formula is C13H22O2. The van der Waals surface area contributed by atoms with Crippen molar-refractivity contribution in [1.29, 1.82) is 0 Å². The van der Waals surface area contributed by atoms with E-state index in [4.69, 9.17) is 4.74 Å². The van der Waals surface area contributed by atoms with E-state index in [0.717, 1.165) is 25.7 Å². The van der Waals surface area contributed by atoms with Gasteiger partial charge in [0.2, 0.25) is 0 Å². The fraction of sp³-hybridized carbons (Fsp3) is 0.615. The molecule has 2 nitrogen and oxygen atoms in total. The Labute approximate surface area is 93.0 Å². The highest BCUT2D eigenvalue weighted by molar-refractivity contribution is 5.69. The third kappa shape index (κ3) is 10.9. The molecule has 0 bridgehead atoms. The second kappa shape index (κ2) is 11.0. The predicted molar refractivity (Wildman–Crippen MR) is 63.7 cm³/mol. The minimum Gasteiger partial charge on any atom is -0.466 e. The molecule has 0 aromatic carbocycles. The molecule has 0 N–H and O–H groups in total. The lowest BCUT2D eigenvalue weighted by atomic mass is 10.1. The summed E-state index contributed by atoms with van der Waals surface area (Å²) in [5, 5.41) is 0. The number of allylic oxidation sites excluding steroid dienone is 4. The van der Waals surface area contributed by atoms with E-state index in [-0.39, 0.29) is 5.97 Å². The maximum atomic E-state index is 11.0. The summed E-state index contributed by atoms with van der Waals surface area (Å²) in [6, 6.07) is 0. The number of rotatable bonds is 8. The van der Waals surface area contributed by atoms with Crippen molar-refractivity contribution in [2.45, 2.75) is 46.0 Å². The Kier molecular flexibility index (Phi) is 10.3. The molecule has 0 saturated heterocycles. The monoisotopic (exact) mass is 210 g/mol. The van der Waals surface area contributed by atoms with Crippen LogP contribution >= 0.6 is 0 Å². The highest BCUT2D eigenvalue weighted by atomic mass is 16.5. The molecule has 0 aromatic heterocycles. The predicted octanol–water partition coefficient (Wildman–Crippen LogP) is 3.63. The van der Waals surface area contributed by atoms with Gasteiger partial charge >= 0.3 is 5.97 Å². The van der Waals surface area contributed by atoms with Crippen LogP contribution in [-0.2, 0) is 9.53 Å². The van der Waals surface area contributed by atoms with Gasteiger partial charge in [-0.1, -0.05) is 30.7 Å². The summed E-state index contributed by atoms with van der Waals surface area (Å²) >= 11 is 0. The van der Waals surface area contributed by atoms with Crippen molar-refractivity contribution in [2.75, 3.05) is 6.61 Å². The fourth-order valence-corrected chi connectivity index (χ4v) is 1.23. The van der Waals surface area contributed by atoms with Gasteiger partial charge in [0.15, 0.2) is 0 Å². The topological polar surface area (TPSA) is 26.3 Å².